The van der Waals surface area contributed by atoms with Crippen molar-refractivity contribution < 1.29 is 0 Å². The van der Waals surface area contributed by atoms with Gasteiger partial charge in [-0.3, -0.25) is 0 Å². The number of imidazole rings is 1. The molecular formula is C20H16N2. The summed E-state index contributed by atoms with van der Waals surface area (Å²) >= 11 is 0. The minimum atomic E-state index is 0.134. The lowest BCUT2D eigenvalue weighted by atomic mass is 9.93. The van der Waals surface area contributed by atoms with Crippen molar-refractivity contribution in [1.29, 1.82) is 0 Å². The Hall–Kier alpha value is -2.87. The molecule has 0 saturated heterocycles. The number of nitrogens with zero attached hydrogens (tertiary/aromatic N) is 2. The van der Waals surface area contributed by atoms with Crippen LogP contribution in [0, 0.1) is 0 Å². The molecule has 0 saturated carbocycles. The summed E-state index contributed by atoms with van der Waals surface area (Å²) in [6, 6.07) is 25.7. The molecule has 2 nitrogen and oxygen atoms in total. The summed E-state index contributed by atoms with van der Waals surface area (Å²) in [7, 11) is 0. The highest BCUT2D eigenvalue weighted by molar-refractivity contribution is 5.86. The minimum absolute atomic E-state index is 0.134. The summed E-state index contributed by atoms with van der Waals surface area (Å²) in [5.74, 6) is 0. The Morgan fingerprint density at radius 1 is 0.773 bits per heavy atom. The zero-order valence-electron chi connectivity index (χ0n) is 12.1. The van der Waals surface area contributed by atoms with Gasteiger partial charge in [0.2, 0.25) is 0 Å². The van der Waals surface area contributed by atoms with Gasteiger partial charge in [0.25, 0.3) is 0 Å². The van der Waals surface area contributed by atoms with Crippen molar-refractivity contribution in [2.24, 2.45) is 0 Å². The molecule has 1 aromatic heterocycles. The molecule has 0 fully saturated rings. The van der Waals surface area contributed by atoms with E-state index in [1.54, 1.807) is 0 Å². The number of hydrogen-bond donors (Lipinski definition) is 0. The lowest BCUT2D eigenvalue weighted by Gasteiger charge is -2.21. The first-order valence-corrected chi connectivity index (χ1v) is 7.43. The van der Waals surface area contributed by atoms with Crippen LogP contribution in [0.1, 0.15) is 17.2 Å². The van der Waals surface area contributed by atoms with E-state index in [4.69, 9.17) is 0 Å². The number of hydrogen-bond acceptors (Lipinski definition) is 1. The Labute approximate surface area is 129 Å². The molecule has 1 atom stereocenters. The average molecular weight is 284 g/mol. The Morgan fingerprint density at radius 2 is 1.55 bits per heavy atom. The van der Waals surface area contributed by atoms with Gasteiger partial charge in [-0.2, -0.15) is 0 Å². The molecule has 4 aromatic rings. The molecule has 0 aliphatic heterocycles. The predicted octanol–water partition coefficient (Wildman–Crippen LogP) is 4.67. The SMILES string of the molecule is c1ccc([C@H](c2cccc3ccccc23)n2ccnc2)cc1. The first-order valence-electron chi connectivity index (χ1n) is 7.43. The highest BCUT2D eigenvalue weighted by atomic mass is 15.1. The number of fused-ring (bicyclic) bond motifs is 1. The molecule has 0 unspecified atom stereocenters. The molecule has 0 radical (unpaired) electrons. The molecule has 22 heavy (non-hydrogen) atoms. The van der Waals surface area contributed by atoms with Gasteiger partial charge in [0.15, 0.2) is 0 Å². The van der Waals surface area contributed by atoms with Gasteiger partial charge in [0.05, 0.1) is 12.4 Å². The Bertz CT molecular complexity index is 875. The lowest BCUT2D eigenvalue weighted by molar-refractivity contribution is 0.681. The van der Waals surface area contributed by atoms with Crippen LogP contribution >= 0.6 is 0 Å². The average Bonchev–Trinajstić information content (AvgIpc) is 3.11. The van der Waals surface area contributed by atoms with E-state index in [2.05, 4.69) is 82.3 Å². The van der Waals surface area contributed by atoms with Crippen molar-refractivity contribution in [2.75, 3.05) is 0 Å². The first-order chi connectivity index (χ1) is 10.9. The molecule has 0 aliphatic carbocycles. The third-order valence-electron chi connectivity index (χ3n) is 4.06. The topological polar surface area (TPSA) is 17.8 Å². The fourth-order valence-electron chi connectivity index (χ4n) is 3.06. The summed E-state index contributed by atoms with van der Waals surface area (Å²) < 4.78 is 2.16. The maximum atomic E-state index is 4.24. The molecule has 106 valence electrons. The maximum Gasteiger partial charge on any atom is 0.0954 e. The third-order valence-corrected chi connectivity index (χ3v) is 4.06. The van der Waals surface area contributed by atoms with Gasteiger partial charge in [0, 0.05) is 12.4 Å². The van der Waals surface area contributed by atoms with Crippen molar-refractivity contribution in [1.82, 2.24) is 9.55 Å². The van der Waals surface area contributed by atoms with Crippen molar-refractivity contribution in [2.45, 2.75) is 6.04 Å². The zero-order chi connectivity index (χ0) is 14.8. The van der Waals surface area contributed by atoms with Crippen LogP contribution < -0.4 is 0 Å². The van der Waals surface area contributed by atoms with Crippen molar-refractivity contribution in [3.8, 4) is 0 Å². The van der Waals surface area contributed by atoms with E-state index in [9.17, 15) is 0 Å². The van der Waals surface area contributed by atoms with Crippen LogP contribution in [-0.4, -0.2) is 9.55 Å². The smallest absolute Gasteiger partial charge is 0.0954 e. The second-order valence-corrected chi connectivity index (χ2v) is 5.39. The van der Waals surface area contributed by atoms with Crippen molar-refractivity contribution >= 4 is 10.8 Å². The second-order valence-electron chi connectivity index (χ2n) is 5.39. The van der Waals surface area contributed by atoms with E-state index < -0.39 is 0 Å². The number of aromatic nitrogens is 2. The van der Waals surface area contributed by atoms with Gasteiger partial charge < -0.3 is 4.57 Å². The number of benzene rings is 3. The molecule has 3 aromatic carbocycles. The molecule has 0 N–H and O–H groups in total. The van der Waals surface area contributed by atoms with Crippen molar-refractivity contribution in [3.63, 3.8) is 0 Å². The third kappa shape index (κ3) is 2.19. The minimum Gasteiger partial charge on any atom is -0.326 e. The van der Waals surface area contributed by atoms with Crippen LogP contribution in [0.15, 0.2) is 91.5 Å². The highest BCUT2D eigenvalue weighted by Gasteiger charge is 2.17. The summed E-state index contributed by atoms with van der Waals surface area (Å²) in [5.41, 5.74) is 2.55. The van der Waals surface area contributed by atoms with E-state index in [0.29, 0.717) is 0 Å². The predicted molar refractivity (Wildman–Crippen MR) is 89.9 cm³/mol. The van der Waals surface area contributed by atoms with Crippen LogP contribution in [0.4, 0.5) is 0 Å². The standard InChI is InChI=1S/C20H16N2/c1-2-8-17(9-3-1)20(22-14-13-21-15-22)19-12-6-10-16-7-4-5-11-18(16)19/h1-15,20H/t20-/m1/s1. The molecule has 0 aliphatic rings. The van der Waals surface area contributed by atoms with Gasteiger partial charge in [-0.15, -0.1) is 0 Å². The Morgan fingerprint density at radius 3 is 2.36 bits per heavy atom. The van der Waals surface area contributed by atoms with Gasteiger partial charge in [0.1, 0.15) is 0 Å². The van der Waals surface area contributed by atoms with Gasteiger partial charge in [-0.1, -0.05) is 72.8 Å². The number of rotatable bonds is 3. The van der Waals surface area contributed by atoms with Crippen molar-refractivity contribution in [3.05, 3.63) is 103 Å². The molecule has 4 rings (SSSR count). The maximum absolute atomic E-state index is 4.24. The van der Waals surface area contributed by atoms with Crippen LogP contribution in [0.25, 0.3) is 10.8 Å². The summed E-state index contributed by atoms with van der Waals surface area (Å²) in [6.07, 6.45) is 5.75. The van der Waals surface area contributed by atoms with E-state index in [1.165, 1.54) is 21.9 Å². The summed E-state index contributed by atoms with van der Waals surface area (Å²) in [4.78, 5) is 4.24. The van der Waals surface area contributed by atoms with Crippen LogP contribution in [-0.2, 0) is 0 Å². The fourth-order valence-corrected chi connectivity index (χ4v) is 3.06. The molecule has 1 heterocycles. The molecule has 0 spiro atoms. The van der Waals surface area contributed by atoms with Crippen LogP contribution in [0.3, 0.4) is 0 Å². The van der Waals surface area contributed by atoms with E-state index in [1.807, 2.05) is 18.7 Å². The Kier molecular flexibility index (Phi) is 3.20. The highest BCUT2D eigenvalue weighted by Crippen LogP contribution is 2.31. The summed E-state index contributed by atoms with van der Waals surface area (Å²) in [5, 5.41) is 2.55. The monoisotopic (exact) mass is 284 g/mol. The second kappa shape index (κ2) is 5.49. The molecule has 0 bridgehead atoms. The van der Waals surface area contributed by atoms with Crippen LogP contribution in [0.5, 0.6) is 0 Å². The first kappa shape index (κ1) is 12.8. The normalized spacial score (nSPS) is 12.4. The quantitative estimate of drug-likeness (QED) is 0.534. The van der Waals surface area contributed by atoms with E-state index in [0.717, 1.165) is 0 Å². The zero-order valence-corrected chi connectivity index (χ0v) is 12.1. The van der Waals surface area contributed by atoms with Gasteiger partial charge in [-0.25, -0.2) is 4.98 Å². The van der Waals surface area contributed by atoms with E-state index >= 15 is 0 Å². The molecule has 0 amide bonds. The van der Waals surface area contributed by atoms with Gasteiger partial charge in [-0.05, 0) is 21.9 Å². The lowest BCUT2D eigenvalue weighted by Crippen LogP contribution is -2.11. The summed E-state index contributed by atoms with van der Waals surface area (Å²) in [6.45, 7) is 0. The van der Waals surface area contributed by atoms with E-state index in [-0.39, 0.29) is 6.04 Å². The fraction of sp³-hybridized carbons (Fsp3) is 0.0500. The molecular weight excluding hydrogens is 268 g/mol. The molecule has 2 heteroatoms. The van der Waals surface area contributed by atoms with Gasteiger partial charge >= 0.3 is 0 Å². The Balaban J connectivity index is 1.98. The van der Waals surface area contributed by atoms with Crippen LogP contribution in [0.2, 0.25) is 0 Å². The largest absolute Gasteiger partial charge is 0.326 e.